The van der Waals surface area contributed by atoms with E-state index in [1.54, 1.807) is 6.07 Å². The highest BCUT2D eigenvalue weighted by atomic mass is 35.5. The van der Waals surface area contributed by atoms with Crippen LogP contribution in [0.3, 0.4) is 0 Å². The number of aromatic nitrogens is 1. The lowest BCUT2D eigenvalue weighted by atomic mass is 10.2. The van der Waals surface area contributed by atoms with E-state index in [9.17, 15) is 0 Å². The third-order valence-electron chi connectivity index (χ3n) is 4.96. The van der Waals surface area contributed by atoms with E-state index in [0.717, 1.165) is 44.0 Å². The van der Waals surface area contributed by atoms with Gasteiger partial charge in [0.15, 0.2) is 0 Å². The average molecular weight is 378 g/mol. The number of piperazine rings is 1. The van der Waals surface area contributed by atoms with Gasteiger partial charge in [0.2, 0.25) is 0 Å². The summed E-state index contributed by atoms with van der Waals surface area (Å²) in [5, 5.41) is 4.39. The Balaban J connectivity index is 1.61. The molecule has 2 aliphatic rings. The van der Waals surface area contributed by atoms with E-state index >= 15 is 0 Å². The van der Waals surface area contributed by atoms with E-state index in [4.69, 9.17) is 32.9 Å². The number of nitrogens with one attached hydrogen (secondary N) is 1. The summed E-state index contributed by atoms with van der Waals surface area (Å²) < 4.78 is 6.17. The van der Waals surface area contributed by atoms with Crippen molar-refractivity contribution in [2.24, 2.45) is 0 Å². The lowest BCUT2D eigenvalue weighted by Gasteiger charge is -2.35. The topological polar surface area (TPSA) is 37.4 Å². The minimum atomic E-state index is -0.0795. The van der Waals surface area contributed by atoms with Gasteiger partial charge in [-0.05, 0) is 43.5 Å². The SMILES string of the molecule is C[C@@H]1CNCCN1c1ccc2c(n1)[C@@H](Oc1cccc(Cl)c1Cl)CC2. The fourth-order valence-corrected chi connectivity index (χ4v) is 3.93. The van der Waals surface area contributed by atoms with Crippen molar-refractivity contribution in [2.75, 3.05) is 24.5 Å². The van der Waals surface area contributed by atoms with E-state index in [1.807, 2.05) is 12.1 Å². The van der Waals surface area contributed by atoms with Gasteiger partial charge in [-0.1, -0.05) is 35.3 Å². The molecule has 0 radical (unpaired) electrons. The first kappa shape index (κ1) is 17.0. The highest BCUT2D eigenvalue weighted by molar-refractivity contribution is 6.42. The normalized spacial score (nSPS) is 22.8. The molecule has 1 aliphatic heterocycles. The van der Waals surface area contributed by atoms with Gasteiger partial charge in [-0.15, -0.1) is 0 Å². The van der Waals surface area contributed by atoms with Gasteiger partial charge in [-0.25, -0.2) is 4.98 Å². The summed E-state index contributed by atoms with van der Waals surface area (Å²) in [6.07, 6.45) is 1.80. The molecule has 1 fully saturated rings. The van der Waals surface area contributed by atoms with Gasteiger partial charge < -0.3 is 15.0 Å². The van der Waals surface area contributed by atoms with Crippen LogP contribution in [0.2, 0.25) is 10.0 Å². The molecule has 1 aromatic heterocycles. The van der Waals surface area contributed by atoms with E-state index in [-0.39, 0.29) is 6.10 Å². The Kier molecular flexibility index (Phi) is 4.76. The highest BCUT2D eigenvalue weighted by Gasteiger charge is 2.29. The van der Waals surface area contributed by atoms with Crippen molar-refractivity contribution in [3.8, 4) is 5.75 Å². The summed E-state index contributed by atoms with van der Waals surface area (Å²) in [7, 11) is 0. The predicted molar refractivity (Wildman–Crippen MR) is 102 cm³/mol. The Morgan fingerprint density at radius 2 is 2.12 bits per heavy atom. The van der Waals surface area contributed by atoms with Gasteiger partial charge in [0, 0.05) is 25.7 Å². The minimum Gasteiger partial charge on any atom is -0.482 e. The number of fused-ring (bicyclic) bond motifs is 1. The molecule has 1 aliphatic carbocycles. The van der Waals surface area contributed by atoms with Crippen LogP contribution in [0.4, 0.5) is 5.82 Å². The van der Waals surface area contributed by atoms with E-state index < -0.39 is 0 Å². The molecule has 1 saturated heterocycles. The molecule has 4 rings (SSSR count). The second-order valence-electron chi connectivity index (χ2n) is 6.66. The fraction of sp³-hybridized carbons (Fsp3) is 0.421. The number of rotatable bonds is 3. The molecule has 0 unspecified atom stereocenters. The largest absolute Gasteiger partial charge is 0.482 e. The van der Waals surface area contributed by atoms with Crippen molar-refractivity contribution >= 4 is 29.0 Å². The van der Waals surface area contributed by atoms with Crippen LogP contribution in [-0.4, -0.2) is 30.7 Å². The molecule has 1 N–H and O–H groups in total. The number of benzene rings is 1. The van der Waals surface area contributed by atoms with Gasteiger partial charge in [0.25, 0.3) is 0 Å². The number of halogens is 2. The van der Waals surface area contributed by atoms with Gasteiger partial charge in [-0.3, -0.25) is 0 Å². The van der Waals surface area contributed by atoms with Crippen LogP contribution in [0.15, 0.2) is 30.3 Å². The lowest BCUT2D eigenvalue weighted by Crippen LogP contribution is -2.50. The molecular weight excluding hydrogens is 357 g/mol. The maximum absolute atomic E-state index is 6.28. The molecule has 1 aromatic carbocycles. The molecule has 0 saturated carbocycles. The zero-order valence-electron chi connectivity index (χ0n) is 14.1. The Morgan fingerprint density at radius 1 is 1.24 bits per heavy atom. The fourth-order valence-electron chi connectivity index (χ4n) is 3.59. The first-order valence-corrected chi connectivity index (χ1v) is 9.47. The molecule has 2 heterocycles. The average Bonchev–Trinajstić information content (AvgIpc) is 3.01. The van der Waals surface area contributed by atoms with Crippen molar-refractivity contribution in [2.45, 2.75) is 31.9 Å². The third-order valence-corrected chi connectivity index (χ3v) is 5.76. The summed E-state index contributed by atoms with van der Waals surface area (Å²) in [5.41, 5.74) is 2.29. The smallest absolute Gasteiger partial charge is 0.141 e. The maximum atomic E-state index is 6.28. The number of aryl methyl sites for hydroxylation is 1. The molecule has 0 amide bonds. The molecule has 4 nitrogen and oxygen atoms in total. The molecule has 132 valence electrons. The minimum absolute atomic E-state index is 0.0795. The van der Waals surface area contributed by atoms with Crippen molar-refractivity contribution < 1.29 is 4.74 Å². The zero-order valence-corrected chi connectivity index (χ0v) is 15.6. The quantitative estimate of drug-likeness (QED) is 0.867. The number of hydrogen-bond acceptors (Lipinski definition) is 4. The first-order valence-electron chi connectivity index (χ1n) is 8.71. The second-order valence-corrected chi connectivity index (χ2v) is 7.44. The van der Waals surface area contributed by atoms with E-state index in [1.165, 1.54) is 5.56 Å². The number of nitrogens with zero attached hydrogens (tertiary/aromatic N) is 2. The number of hydrogen-bond donors (Lipinski definition) is 1. The maximum Gasteiger partial charge on any atom is 0.141 e. The highest BCUT2D eigenvalue weighted by Crippen LogP contribution is 2.39. The molecule has 0 bridgehead atoms. The second kappa shape index (κ2) is 7.02. The first-order chi connectivity index (χ1) is 12.1. The van der Waals surface area contributed by atoms with Crippen molar-refractivity contribution in [3.63, 3.8) is 0 Å². The van der Waals surface area contributed by atoms with Crippen LogP contribution in [0.1, 0.15) is 30.7 Å². The van der Waals surface area contributed by atoms with Crippen LogP contribution in [-0.2, 0) is 6.42 Å². The van der Waals surface area contributed by atoms with E-state index in [0.29, 0.717) is 21.8 Å². The van der Waals surface area contributed by atoms with Crippen LogP contribution in [0.5, 0.6) is 5.75 Å². The number of pyridine rings is 1. The summed E-state index contributed by atoms with van der Waals surface area (Å²) in [5.74, 6) is 1.65. The van der Waals surface area contributed by atoms with Crippen LogP contribution < -0.4 is 15.0 Å². The number of ether oxygens (including phenoxy) is 1. The van der Waals surface area contributed by atoms with Crippen molar-refractivity contribution in [1.29, 1.82) is 0 Å². The molecule has 0 spiro atoms. The van der Waals surface area contributed by atoms with Crippen molar-refractivity contribution in [3.05, 3.63) is 51.6 Å². The lowest BCUT2D eigenvalue weighted by molar-refractivity contribution is 0.203. The Morgan fingerprint density at radius 3 is 2.96 bits per heavy atom. The third kappa shape index (κ3) is 3.31. The monoisotopic (exact) mass is 377 g/mol. The molecular formula is C19H21Cl2N3O. The zero-order chi connectivity index (χ0) is 17.4. The standard InChI is InChI=1S/C19H21Cl2N3O/c1-12-11-22-9-10-24(12)17-8-6-13-5-7-16(19(13)23-17)25-15-4-2-3-14(20)18(15)21/h2-4,6,8,12,16,22H,5,7,9-11H2,1H3/t12-,16+/m1/s1. The summed E-state index contributed by atoms with van der Waals surface area (Å²) in [4.78, 5) is 7.31. The van der Waals surface area contributed by atoms with Gasteiger partial charge in [-0.2, -0.15) is 0 Å². The Labute approximate surface area is 158 Å². The van der Waals surface area contributed by atoms with Gasteiger partial charge in [0.1, 0.15) is 22.7 Å². The molecule has 6 heteroatoms. The predicted octanol–water partition coefficient (Wildman–Crippen LogP) is 4.25. The Hall–Kier alpha value is -1.49. The van der Waals surface area contributed by atoms with E-state index in [2.05, 4.69) is 29.3 Å². The van der Waals surface area contributed by atoms with Crippen LogP contribution in [0.25, 0.3) is 0 Å². The van der Waals surface area contributed by atoms with Crippen LogP contribution >= 0.6 is 23.2 Å². The van der Waals surface area contributed by atoms with Gasteiger partial charge in [0.05, 0.1) is 10.7 Å². The number of anilines is 1. The molecule has 2 aromatic rings. The van der Waals surface area contributed by atoms with Crippen molar-refractivity contribution in [1.82, 2.24) is 10.3 Å². The molecule has 2 atom stereocenters. The van der Waals surface area contributed by atoms with Crippen LogP contribution in [0, 0.1) is 0 Å². The molecule has 25 heavy (non-hydrogen) atoms. The summed E-state index contributed by atoms with van der Waals surface area (Å²) in [6, 6.07) is 10.2. The Bertz CT molecular complexity index is 783. The summed E-state index contributed by atoms with van der Waals surface area (Å²) in [6.45, 7) is 5.16. The summed E-state index contributed by atoms with van der Waals surface area (Å²) >= 11 is 12.4. The van der Waals surface area contributed by atoms with Gasteiger partial charge >= 0.3 is 0 Å².